The predicted octanol–water partition coefficient (Wildman–Crippen LogP) is 3.85. The molecule has 1 amide bonds. The van der Waals surface area contributed by atoms with Crippen LogP contribution in [0.4, 0.5) is 4.39 Å². The summed E-state index contributed by atoms with van der Waals surface area (Å²) in [5.74, 6) is -0.0173. The summed E-state index contributed by atoms with van der Waals surface area (Å²) >= 11 is 5.89. The highest BCUT2D eigenvalue weighted by Gasteiger charge is 2.32. The Balaban J connectivity index is 1.58. The second-order valence-corrected chi connectivity index (χ2v) is 7.78. The maximum absolute atomic E-state index is 13.1. The summed E-state index contributed by atoms with van der Waals surface area (Å²) in [5.41, 5.74) is 1.34. The van der Waals surface area contributed by atoms with Gasteiger partial charge >= 0.3 is 0 Å². The van der Waals surface area contributed by atoms with Crippen molar-refractivity contribution in [2.24, 2.45) is 0 Å². The van der Waals surface area contributed by atoms with Crippen molar-refractivity contribution in [3.8, 4) is 11.8 Å². The maximum Gasteiger partial charge on any atom is 0.260 e. The van der Waals surface area contributed by atoms with Crippen LogP contribution >= 0.6 is 11.6 Å². The normalized spacial score (nSPS) is 19.6. The van der Waals surface area contributed by atoms with Gasteiger partial charge in [-0.05, 0) is 49.7 Å². The molecule has 7 heteroatoms. The Morgan fingerprint density at radius 2 is 1.93 bits per heavy atom. The zero-order chi connectivity index (χ0) is 21.0. The van der Waals surface area contributed by atoms with E-state index in [1.165, 1.54) is 18.2 Å². The van der Waals surface area contributed by atoms with E-state index < -0.39 is 0 Å². The van der Waals surface area contributed by atoms with Gasteiger partial charge in [0.2, 0.25) is 0 Å². The molecular weight excluding hydrogens is 393 g/mol. The average Bonchev–Trinajstić information content (AvgIpc) is 2.70. The van der Waals surface area contributed by atoms with Crippen LogP contribution in [0.15, 0.2) is 42.5 Å². The molecule has 1 fully saturated rings. The van der Waals surface area contributed by atoms with Crippen molar-refractivity contribution in [3.63, 3.8) is 0 Å². The number of carbonyl (C=O) groups is 1. The Morgan fingerprint density at radius 3 is 2.62 bits per heavy atom. The summed E-state index contributed by atoms with van der Waals surface area (Å²) < 4.78 is 18.7. The first-order chi connectivity index (χ1) is 13.9. The topological polar surface area (TPSA) is 56.6 Å². The Hall–Kier alpha value is -2.62. The molecule has 29 heavy (non-hydrogen) atoms. The summed E-state index contributed by atoms with van der Waals surface area (Å²) in [6.07, 6.45) is 0. The van der Waals surface area contributed by atoms with Gasteiger partial charge in [-0.1, -0.05) is 23.7 Å². The fourth-order valence-electron chi connectivity index (χ4n) is 3.53. The van der Waals surface area contributed by atoms with Gasteiger partial charge in [0.05, 0.1) is 5.56 Å². The van der Waals surface area contributed by atoms with Crippen molar-refractivity contribution in [1.29, 1.82) is 5.26 Å². The van der Waals surface area contributed by atoms with Gasteiger partial charge in [-0.15, -0.1) is 0 Å². The van der Waals surface area contributed by atoms with Gasteiger partial charge in [0.15, 0.2) is 6.61 Å². The predicted molar refractivity (Wildman–Crippen MR) is 109 cm³/mol. The molecule has 0 N–H and O–H groups in total. The molecule has 1 saturated heterocycles. The second kappa shape index (κ2) is 9.25. The Kier molecular flexibility index (Phi) is 6.73. The van der Waals surface area contributed by atoms with Crippen molar-refractivity contribution in [2.45, 2.75) is 32.5 Å². The molecule has 0 spiro atoms. The third-order valence-electron chi connectivity index (χ3n) is 5.15. The number of amides is 1. The molecule has 2 aromatic carbocycles. The van der Waals surface area contributed by atoms with Crippen molar-refractivity contribution in [1.82, 2.24) is 9.80 Å². The number of halogens is 2. The number of rotatable bonds is 5. The van der Waals surface area contributed by atoms with Gasteiger partial charge in [0.25, 0.3) is 5.91 Å². The number of hydrogen-bond acceptors (Lipinski definition) is 4. The largest absolute Gasteiger partial charge is 0.482 e. The van der Waals surface area contributed by atoms with Crippen LogP contribution in [0, 0.1) is 17.1 Å². The first kappa shape index (κ1) is 21.1. The van der Waals surface area contributed by atoms with Crippen LogP contribution in [-0.4, -0.2) is 47.5 Å². The van der Waals surface area contributed by atoms with E-state index in [0.717, 1.165) is 5.56 Å². The second-order valence-electron chi connectivity index (χ2n) is 7.34. The number of ether oxygens (including phenoxy) is 1. The minimum atomic E-state index is -0.245. The number of nitriles is 1. The van der Waals surface area contributed by atoms with Gasteiger partial charge in [0.1, 0.15) is 17.6 Å². The summed E-state index contributed by atoms with van der Waals surface area (Å²) in [6.45, 7) is 5.95. The molecular formula is C22H23ClFN3O2. The molecule has 2 atom stereocenters. The molecule has 0 aromatic heterocycles. The lowest BCUT2D eigenvalue weighted by molar-refractivity contribution is -0.139. The Bertz CT molecular complexity index is 913. The minimum absolute atomic E-state index is 0.0170. The molecule has 1 heterocycles. The molecule has 2 unspecified atom stereocenters. The molecule has 3 rings (SSSR count). The molecule has 0 aliphatic carbocycles. The third-order valence-corrected chi connectivity index (χ3v) is 5.38. The van der Waals surface area contributed by atoms with E-state index in [1.54, 1.807) is 24.3 Å². The van der Waals surface area contributed by atoms with E-state index in [-0.39, 0.29) is 30.4 Å². The number of benzene rings is 2. The minimum Gasteiger partial charge on any atom is -0.482 e. The standard InChI is InChI=1S/C22H23ClFN3O2/c1-15-12-27(16(2)11-26(15)13-17-3-6-20(24)7-4-17)22(28)14-29-21-8-5-19(23)9-18(21)10-25/h3-9,15-16H,11-14H2,1-2H3. The van der Waals surface area contributed by atoms with Crippen molar-refractivity contribution >= 4 is 17.5 Å². The lowest BCUT2D eigenvalue weighted by Gasteiger charge is -2.44. The SMILES string of the molecule is CC1CN(C(=O)COc2ccc(Cl)cc2C#N)C(C)CN1Cc1ccc(F)cc1. The fourth-order valence-corrected chi connectivity index (χ4v) is 3.70. The van der Waals surface area contributed by atoms with E-state index >= 15 is 0 Å². The van der Waals surface area contributed by atoms with E-state index in [4.69, 9.17) is 16.3 Å². The van der Waals surface area contributed by atoms with Crippen LogP contribution in [0.3, 0.4) is 0 Å². The summed E-state index contributed by atoms with van der Waals surface area (Å²) in [7, 11) is 0. The van der Waals surface area contributed by atoms with Crippen LogP contribution in [0.25, 0.3) is 0 Å². The van der Waals surface area contributed by atoms with Gasteiger partial charge < -0.3 is 9.64 Å². The van der Waals surface area contributed by atoms with Crippen molar-refractivity contribution in [2.75, 3.05) is 19.7 Å². The zero-order valence-electron chi connectivity index (χ0n) is 16.4. The molecule has 2 aromatic rings. The zero-order valence-corrected chi connectivity index (χ0v) is 17.2. The Morgan fingerprint density at radius 1 is 1.21 bits per heavy atom. The third kappa shape index (κ3) is 5.26. The highest BCUT2D eigenvalue weighted by molar-refractivity contribution is 6.30. The van der Waals surface area contributed by atoms with Crippen LogP contribution in [0.1, 0.15) is 25.0 Å². The molecule has 1 aliphatic heterocycles. The molecule has 152 valence electrons. The number of carbonyl (C=O) groups excluding carboxylic acids is 1. The number of hydrogen-bond donors (Lipinski definition) is 0. The lowest BCUT2D eigenvalue weighted by Crippen LogP contribution is -2.58. The van der Waals surface area contributed by atoms with E-state index in [1.807, 2.05) is 17.9 Å². The summed E-state index contributed by atoms with van der Waals surface area (Å²) in [4.78, 5) is 16.8. The van der Waals surface area contributed by atoms with Crippen LogP contribution in [0.2, 0.25) is 5.02 Å². The maximum atomic E-state index is 13.1. The smallest absolute Gasteiger partial charge is 0.260 e. The van der Waals surface area contributed by atoms with Gasteiger partial charge in [-0.25, -0.2) is 4.39 Å². The number of piperazine rings is 1. The van der Waals surface area contributed by atoms with Crippen molar-refractivity contribution < 1.29 is 13.9 Å². The fraction of sp³-hybridized carbons (Fsp3) is 0.364. The van der Waals surface area contributed by atoms with Crippen LogP contribution < -0.4 is 4.74 Å². The highest BCUT2D eigenvalue weighted by Crippen LogP contribution is 2.23. The quantitative estimate of drug-likeness (QED) is 0.744. The summed E-state index contributed by atoms with van der Waals surface area (Å²) in [6, 6.07) is 13.4. The van der Waals surface area contributed by atoms with Crippen LogP contribution in [-0.2, 0) is 11.3 Å². The van der Waals surface area contributed by atoms with Gasteiger partial charge in [-0.3, -0.25) is 9.69 Å². The summed E-state index contributed by atoms with van der Waals surface area (Å²) in [5, 5.41) is 9.63. The molecule has 0 bridgehead atoms. The van der Waals surface area contributed by atoms with Crippen LogP contribution in [0.5, 0.6) is 5.75 Å². The molecule has 1 aliphatic rings. The lowest BCUT2D eigenvalue weighted by atomic mass is 10.1. The van der Waals surface area contributed by atoms with E-state index in [0.29, 0.717) is 36.0 Å². The molecule has 5 nitrogen and oxygen atoms in total. The average molecular weight is 416 g/mol. The van der Waals surface area contributed by atoms with E-state index in [9.17, 15) is 14.4 Å². The van der Waals surface area contributed by atoms with Gasteiger partial charge in [-0.2, -0.15) is 5.26 Å². The van der Waals surface area contributed by atoms with Crippen molar-refractivity contribution in [3.05, 3.63) is 64.4 Å². The van der Waals surface area contributed by atoms with E-state index in [2.05, 4.69) is 11.8 Å². The monoisotopic (exact) mass is 415 g/mol. The molecule has 0 radical (unpaired) electrons. The Labute approximate surface area is 175 Å². The first-order valence-electron chi connectivity index (χ1n) is 9.47. The molecule has 0 saturated carbocycles. The number of nitrogens with zero attached hydrogens (tertiary/aromatic N) is 3. The highest BCUT2D eigenvalue weighted by atomic mass is 35.5. The van der Waals surface area contributed by atoms with Gasteiger partial charge in [0, 0.05) is 36.7 Å². The first-order valence-corrected chi connectivity index (χ1v) is 9.85.